The highest BCUT2D eigenvalue weighted by Crippen LogP contribution is 1.97. The Morgan fingerprint density at radius 3 is 2.29 bits per heavy atom. The minimum absolute atomic E-state index is 0.145. The molecule has 82 valence electrons. The maximum Gasteiger partial charge on any atom is 0.242 e. The van der Waals surface area contributed by atoms with Crippen molar-refractivity contribution in [2.45, 2.75) is 38.1 Å². The molecule has 0 aliphatic rings. The number of nitrogens with one attached hydrogen (secondary N) is 2. The first-order chi connectivity index (χ1) is 6.49. The van der Waals surface area contributed by atoms with E-state index in [1.54, 1.807) is 13.8 Å². The van der Waals surface area contributed by atoms with Crippen LogP contribution in [0.1, 0.15) is 27.2 Å². The Labute approximate surface area is 92.9 Å². The van der Waals surface area contributed by atoms with E-state index >= 15 is 0 Å². The quantitative estimate of drug-likeness (QED) is 0.722. The molecule has 0 radical (unpaired) electrons. The summed E-state index contributed by atoms with van der Waals surface area (Å²) in [6, 6.07) is -0.478. The number of amides is 2. The molecule has 0 rings (SSSR count). The van der Waals surface area contributed by atoms with Crippen LogP contribution in [0, 0.1) is 0 Å². The normalized spacial score (nSPS) is 14.3. The van der Waals surface area contributed by atoms with E-state index in [1.807, 2.05) is 6.92 Å². The number of carbonyl (C=O) groups is 2. The van der Waals surface area contributed by atoms with Crippen LogP contribution in [0.15, 0.2) is 0 Å². The molecule has 2 atom stereocenters. The number of hydrogen-bond donors (Lipinski definition) is 2. The molecule has 5 heteroatoms. The molecule has 0 aromatic carbocycles. The molecule has 0 heterocycles. The van der Waals surface area contributed by atoms with Crippen molar-refractivity contribution in [3.05, 3.63) is 0 Å². The summed E-state index contributed by atoms with van der Waals surface area (Å²) in [5, 5.41) is 5.30. The van der Waals surface area contributed by atoms with Crippen molar-refractivity contribution in [1.29, 1.82) is 0 Å². The van der Waals surface area contributed by atoms with Gasteiger partial charge >= 0.3 is 0 Å². The van der Waals surface area contributed by atoms with Gasteiger partial charge in [-0.1, -0.05) is 22.9 Å². The van der Waals surface area contributed by atoms with E-state index in [-0.39, 0.29) is 16.6 Å². The monoisotopic (exact) mass is 264 g/mol. The zero-order chi connectivity index (χ0) is 11.1. The maximum absolute atomic E-state index is 11.3. The fourth-order valence-corrected chi connectivity index (χ4v) is 0.927. The fourth-order valence-electron chi connectivity index (χ4n) is 0.795. The average Bonchev–Trinajstić information content (AvgIpc) is 2.13. The van der Waals surface area contributed by atoms with E-state index in [1.165, 1.54) is 0 Å². The van der Waals surface area contributed by atoms with Crippen molar-refractivity contribution < 1.29 is 9.59 Å². The van der Waals surface area contributed by atoms with Crippen LogP contribution >= 0.6 is 15.9 Å². The van der Waals surface area contributed by atoms with Crippen LogP contribution in [0.2, 0.25) is 0 Å². The molecule has 4 nitrogen and oxygen atoms in total. The largest absolute Gasteiger partial charge is 0.354 e. The Morgan fingerprint density at radius 1 is 1.29 bits per heavy atom. The Morgan fingerprint density at radius 2 is 1.86 bits per heavy atom. The van der Waals surface area contributed by atoms with Gasteiger partial charge in [-0.05, 0) is 20.3 Å². The van der Waals surface area contributed by atoms with E-state index in [9.17, 15) is 9.59 Å². The van der Waals surface area contributed by atoms with Crippen LogP contribution in [0.3, 0.4) is 0 Å². The molecule has 14 heavy (non-hydrogen) atoms. The third-order valence-corrected chi connectivity index (χ3v) is 2.08. The number of halogens is 1. The summed E-state index contributed by atoms with van der Waals surface area (Å²) in [5.74, 6) is -0.322. The predicted molar refractivity (Wildman–Crippen MR) is 59.3 cm³/mol. The van der Waals surface area contributed by atoms with Gasteiger partial charge in [-0.25, -0.2) is 0 Å². The highest BCUT2D eigenvalue weighted by Gasteiger charge is 2.16. The Balaban J connectivity index is 3.89. The third-order valence-electron chi connectivity index (χ3n) is 1.66. The van der Waals surface area contributed by atoms with Crippen molar-refractivity contribution in [3.8, 4) is 0 Å². The molecule has 0 bridgehead atoms. The predicted octanol–water partition coefficient (Wildman–Crippen LogP) is 0.801. The Hall–Kier alpha value is -0.580. The maximum atomic E-state index is 11.3. The van der Waals surface area contributed by atoms with Crippen LogP contribution in [-0.2, 0) is 9.59 Å². The standard InChI is InChI=1S/C9H17BrN2O2/c1-4-5-11-9(14)7(3)12-8(13)6(2)10/h6-7H,4-5H2,1-3H3,(H,11,14)(H,12,13). The van der Waals surface area contributed by atoms with Crippen LogP contribution in [-0.4, -0.2) is 29.2 Å². The number of carbonyl (C=O) groups excluding carboxylic acids is 2. The molecule has 0 aliphatic carbocycles. The van der Waals surface area contributed by atoms with E-state index in [0.717, 1.165) is 6.42 Å². The zero-order valence-electron chi connectivity index (χ0n) is 8.76. The Bertz CT molecular complexity index is 207. The van der Waals surface area contributed by atoms with E-state index in [2.05, 4.69) is 26.6 Å². The van der Waals surface area contributed by atoms with Crippen molar-refractivity contribution in [3.63, 3.8) is 0 Å². The summed E-state index contributed by atoms with van der Waals surface area (Å²) in [6.45, 7) is 6.00. The van der Waals surface area contributed by atoms with Gasteiger partial charge in [0.15, 0.2) is 0 Å². The molecule has 0 aromatic heterocycles. The highest BCUT2D eigenvalue weighted by molar-refractivity contribution is 9.10. The van der Waals surface area contributed by atoms with Crippen molar-refractivity contribution >= 4 is 27.7 Å². The van der Waals surface area contributed by atoms with Crippen molar-refractivity contribution in [2.75, 3.05) is 6.54 Å². The van der Waals surface area contributed by atoms with Gasteiger partial charge in [0.2, 0.25) is 11.8 Å². The van der Waals surface area contributed by atoms with Crippen LogP contribution in [0.25, 0.3) is 0 Å². The topological polar surface area (TPSA) is 58.2 Å². The van der Waals surface area contributed by atoms with Crippen LogP contribution < -0.4 is 10.6 Å². The van der Waals surface area contributed by atoms with Gasteiger partial charge in [0.25, 0.3) is 0 Å². The average molecular weight is 265 g/mol. The molecule has 0 fully saturated rings. The molecule has 0 saturated carbocycles. The molecular formula is C9H17BrN2O2. The summed E-state index contributed by atoms with van der Waals surface area (Å²) in [6.07, 6.45) is 0.890. The van der Waals surface area contributed by atoms with Gasteiger partial charge in [-0.2, -0.15) is 0 Å². The van der Waals surface area contributed by atoms with Gasteiger partial charge in [-0.15, -0.1) is 0 Å². The molecule has 2 amide bonds. The van der Waals surface area contributed by atoms with Crippen molar-refractivity contribution in [2.24, 2.45) is 0 Å². The molecule has 0 saturated heterocycles. The first kappa shape index (κ1) is 13.4. The summed E-state index contributed by atoms with van der Waals surface area (Å²) >= 11 is 3.13. The first-order valence-electron chi connectivity index (χ1n) is 4.71. The van der Waals surface area contributed by atoms with Crippen molar-refractivity contribution in [1.82, 2.24) is 10.6 Å². The lowest BCUT2D eigenvalue weighted by Gasteiger charge is -2.14. The number of hydrogen-bond acceptors (Lipinski definition) is 2. The molecular weight excluding hydrogens is 248 g/mol. The van der Waals surface area contributed by atoms with E-state index < -0.39 is 6.04 Å². The number of alkyl halides is 1. The summed E-state index contributed by atoms with van der Waals surface area (Å²) < 4.78 is 0. The second-order valence-electron chi connectivity index (χ2n) is 3.14. The summed E-state index contributed by atoms with van der Waals surface area (Å²) in [7, 11) is 0. The number of rotatable bonds is 5. The second kappa shape index (κ2) is 6.81. The van der Waals surface area contributed by atoms with Gasteiger partial charge in [0.05, 0.1) is 4.83 Å². The van der Waals surface area contributed by atoms with Gasteiger partial charge in [0.1, 0.15) is 6.04 Å². The fraction of sp³-hybridized carbons (Fsp3) is 0.778. The third kappa shape index (κ3) is 5.21. The van der Waals surface area contributed by atoms with E-state index in [0.29, 0.717) is 6.54 Å². The van der Waals surface area contributed by atoms with Gasteiger partial charge in [-0.3, -0.25) is 9.59 Å². The molecule has 2 N–H and O–H groups in total. The van der Waals surface area contributed by atoms with Crippen LogP contribution in [0.5, 0.6) is 0 Å². The minimum Gasteiger partial charge on any atom is -0.354 e. The second-order valence-corrected chi connectivity index (χ2v) is 4.51. The molecule has 0 aliphatic heterocycles. The lowest BCUT2D eigenvalue weighted by atomic mass is 10.3. The van der Waals surface area contributed by atoms with E-state index in [4.69, 9.17) is 0 Å². The lowest BCUT2D eigenvalue weighted by Crippen LogP contribution is -2.46. The highest BCUT2D eigenvalue weighted by atomic mass is 79.9. The Kier molecular flexibility index (Phi) is 6.53. The zero-order valence-corrected chi connectivity index (χ0v) is 10.3. The van der Waals surface area contributed by atoms with Gasteiger partial charge in [0, 0.05) is 6.54 Å². The SMILES string of the molecule is CCCNC(=O)C(C)NC(=O)C(C)Br. The minimum atomic E-state index is -0.478. The smallest absolute Gasteiger partial charge is 0.242 e. The summed E-state index contributed by atoms with van der Waals surface area (Å²) in [5.41, 5.74) is 0. The van der Waals surface area contributed by atoms with Crippen LogP contribution in [0.4, 0.5) is 0 Å². The molecule has 2 unspecified atom stereocenters. The molecule has 0 aromatic rings. The summed E-state index contributed by atoms with van der Waals surface area (Å²) in [4.78, 5) is 22.2. The lowest BCUT2D eigenvalue weighted by molar-refractivity contribution is -0.128. The molecule has 0 spiro atoms. The van der Waals surface area contributed by atoms with Gasteiger partial charge < -0.3 is 10.6 Å². The first-order valence-corrected chi connectivity index (χ1v) is 5.62.